The summed E-state index contributed by atoms with van der Waals surface area (Å²) < 4.78 is 34.0. The van der Waals surface area contributed by atoms with Gasteiger partial charge in [0.2, 0.25) is 11.8 Å². The lowest BCUT2D eigenvalue weighted by Crippen LogP contribution is -2.29. The highest BCUT2D eigenvalue weighted by Crippen LogP contribution is 2.29. The fourth-order valence-corrected chi connectivity index (χ4v) is 2.40. The number of hydrogen-bond donors (Lipinski definition) is 2. The van der Waals surface area contributed by atoms with Crippen molar-refractivity contribution in [2.75, 3.05) is 13.7 Å². The fraction of sp³-hybridized carbons (Fsp3) is 0.238. The van der Waals surface area contributed by atoms with Gasteiger partial charge in [0.1, 0.15) is 0 Å². The van der Waals surface area contributed by atoms with E-state index in [1.165, 1.54) is 25.3 Å². The van der Waals surface area contributed by atoms with E-state index in [1.807, 2.05) is 30.3 Å². The van der Waals surface area contributed by atoms with E-state index >= 15 is 0 Å². The van der Waals surface area contributed by atoms with Crippen molar-refractivity contribution in [3.63, 3.8) is 0 Å². The van der Waals surface area contributed by atoms with E-state index in [0.717, 1.165) is 5.56 Å². The zero-order valence-electron chi connectivity index (χ0n) is 15.9. The maximum atomic E-state index is 12.3. The lowest BCUT2D eigenvalue weighted by atomic mass is 10.2. The smallest absolute Gasteiger partial charge is 0.387 e. The molecule has 6 nitrogen and oxygen atoms in total. The molecular weight excluding hydrogens is 382 g/mol. The number of halogens is 2. The third-order valence-electron chi connectivity index (χ3n) is 3.81. The molecule has 154 valence electrons. The number of carbonyl (C=O) groups excluding carboxylic acids is 2. The molecule has 2 rings (SSSR count). The quantitative estimate of drug-likeness (QED) is 0.597. The molecule has 0 radical (unpaired) electrons. The van der Waals surface area contributed by atoms with Crippen LogP contribution in [-0.2, 0) is 16.1 Å². The summed E-state index contributed by atoms with van der Waals surface area (Å²) in [5.41, 5.74) is 1.56. The summed E-state index contributed by atoms with van der Waals surface area (Å²) in [5, 5.41) is 5.32. The number of rotatable bonds is 10. The van der Waals surface area contributed by atoms with Gasteiger partial charge in [0.15, 0.2) is 11.5 Å². The number of ether oxygens (including phenoxy) is 2. The molecule has 0 bridgehead atoms. The fourth-order valence-electron chi connectivity index (χ4n) is 2.40. The lowest BCUT2D eigenvalue weighted by molar-refractivity contribution is -0.121. The Morgan fingerprint density at radius 2 is 1.83 bits per heavy atom. The maximum Gasteiger partial charge on any atom is 0.387 e. The largest absolute Gasteiger partial charge is 0.493 e. The first kappa shape index (κ1) is 21.9. The van der Waals surface area contributed by atoms with Gasteiger partial charge in [-0.2, -0.15) is 8.78 Å². The average Bonchev–Trinajstić information content (AvgIpc) is 2.72. The molecule has 8 heteroatoms. The van der Waals surface area contributed by atoms with Crippen LogP contribution in [0.2, 0.25) is 0 Å². The molecule has 2 aromatic rings. The van der Waals surface area contributed by atoms with Gasteiger partial charge in [-0.25, -0.2) is 0 Å². The molecule has 0 atom stereocenters. The maximum absolute atomic E-state index is 12.3. The molecule has 0 aromatic heterocycles. The Morgan fingerprint density at radius 1 is 1.07 bits per heavy atom. The van der Waals surface area contributed by atoms with Gasteiger partial charge in [-0.3, -0.25) is 9.59 Å². The van der Waals surface area contributed by atoms with Crippen molar-refractivity contribution in [1.82, 2.24) is 10.6 Å². The monoisotopic (exact) mass is 404 g/mol. The van der Waals surface area contributed by atoms with Gasteiger partial charge >= 0.3 is 6.61 Å². The van der Waals surface area contributed by atoms with Crippen molar-refractivity contribution in [2.45, 2.75) is 19.6 Å². The number of amides is 2. The summed E-state index contributed by atoms with van der Waals surface area (Å²) in [6.07, 6.45) is 3.20. The summed E-state index contributed by atoms with van der Waals surface area (Å²) >= 11 is 0. The first-order valence-corrected chi connectivity index (χ1v) is 8.87. The Morgan fingerprint density at radius 3 is 2.52 bits per heavy atom. The second-order valence-corrected chi connectivity index (χ2v) is 5.93. The Balaban J connectivity index is 1.73. The molecule has 0 spiro atoms. The van der Waals surface area contributed by atoms with Crippen LogP contribution in [0, 0.1) is 0 Å². The molecule has 0 saturated heterocycles. The van der Waals surface area contributed by atoms with E-state index in [-0.39, 0.29) is 42.8 Å². The van der Waals surface area contributed by atoms with Gasteiger partial charge in [0.25, 0.3) is 0 Å². The molecule has 29 heavy (non-hydrogen) atoms. The van der Waals surface area contributed by atoms with Gasteiger partial charge in [-0.1, -0.05) is 36.4 Å². The number of benzene rings is 2. The standard InChI is InChI=1S/C21H22F2N2O4/c1-28-18-13-16(7-9-17(18)29-21(22)23)14-25-20(27)11-12-24-19(26)10-8-15-5-3-2-4-6-15/h2-10,13,21H,11-12,14H2,1H3,(H,24,26)(H,25,27)/b10-8+. The van der Waals surface area contributed by atoms with Crippen LogP contribution in [0.15, 0.2) is 54.6 Å². The third kappa shape index (κ3) is 8.00. The predicted molar refractivity (Wildman–Crippen MR) is 105 cm³/mol. The summed E-state index contributed by atoms with van der Waals surface area (Å²) in [6, 6.07) is 13.8. The second-order valence-electron chi connectivity index (χ2n) is 5.93. The number of methoxy groups -OCH3 is 1. The first-order valence-electron chi connectivity index (χ1n) is 8.87. The molecule has 2 aromatic carbocycles. The van der Waals surface area contributed by atoms with E-state index in [1.54, 1.807) is 12.1 Å². The molecule has 2 N–H and O–H groups in total. The van der Waals surface area contributed by atoms with Crippen LogP contribution in [-0.4, -0.2) is 32.1 Å². The third-order valence-corrected chi connectivity index (χ3v) is 3.81. The number of hydrogen-bond acceptors (Lipinski definition) is 4. The Labute approximate surface area is 167 Å². The summed E-state index contributed by atoms with van der Waals surface area (Å²) in [7, 11) is 1.34. The van der Waals surface area contributed by atoms with E-state index in [2.05, 4.69) is 15.4 Å². The van der Waals surface area contributed by atoms with Crippen LogP contribution in [0.4, 0.5) is 8.78 Å². The van der Waals surface area contributed by atoms with E-state index in [9.17, 15) is 18.4 Å². The molecule has 0 aliphatic heterocycles. The number of nitrogens with one attached hydrogen (secondary N) is 2. The molecule has 0 heterocycles. The SMILES string of the molecule is COc1cc(CNC(=O)CCNC(=O)/C=C/c2ccccc2)ccc1OC(F)F. The van der Waals surface area contributed by atoms with Crippen molar-refractivity contribution in [3.8, 4) is 11.5 Å². The van der Waals surface area contributed by atoms with Crippen molar-refractivity contribution >= 4 is 17.9 Å². The minimum atomic E-state index is -2.95. The van der Waals surface area contributed by atoms with Gasteiger partial charge in [0, 0.05) is 25.6 Å². The Bertz CT molecular complexity index is 842. The van der Waals surface area contributed by atoms with Crippen LogP contribution >= 0.6 is 0 Å². The lowest BCUT2D eigenvalue weighted by Gasteiger charge is -2.12. The molecule has 0 saturated carbocycles. The zero-order valence-corrected chi connectivity index (χ0v) is 15.9. The van der Waals surface area contributed by atoms with Crippen LogP contribution in [0.25, 0.3) is 6.08 Å². The Kier molecular flexibility index (Phi) is 8.62. The second kappa shape index (κ2) is 11.4. The highest BCUT2D eigenvalue weighted by atomic mass is 19.3. The van der Waals surface area contributed by atoms with Crippen molar-refractivity contribution in [2.24, 2.45) is 0 Å². The molecule has 0 aliphatic rings. The minimum absolute atomic E-state index is 0.0798. The van der Waals surface area contributed by atoms with Gasteiger partial charge in [0.05, 0.1) is 7.11 Å². The summed E-state index contributed by atoms with van der Waals surface area (Å²) in [6.45, 7) is -2.58. The summed E-state index contributed by atoms with van der Waals surface area (Å²) in [5.74, 6) is -0.483. The first-order chi connectivity index (χ1) is 14.0. The molecule has 2 amide bonds. The van der Waals surface area contributed by atoms with Gasteiger partial charge in [-0.15, -0.1) is 0 Å². The molecule has 0 fully saturated rings. The number of alkyl halides is 2. The van der Waals surface area contributed by atoms with Gasteiger partial charge < -0.3 is 20.1 Å². The topological polar surface area (TPSA) is 76.7 Å². The van der Waals surface area contributed by atoms with Crippen molar-refractivity contribution in [1.29, 1.82) is 0 Å². The molecular formula is C21H22F2N2O4. The van der Waals surface area contributed by atoms with Crippen molar-refractivity contribution < 1.29 is 27.8 Å². The minimum Gasteiger partial charge on any atom is -0.493 e. The van der Waals surface area contributed by atoms with Crippen molar-refractivity contribution in [3.05, 3.63) is 65.7 Å². The van der Waals surface area contributed by atoms with E-state index in [4.69, 9.17) is 4.74 Å². The van der Waals surface area contributed by atoms with Crippen LogP contribution in [0.3, 0.4) is 0 Å². The van der Waals surface area contributed by atoms with E-state index < -0.39 is 6.61 Å². The van der Waals surface area contributed by atoms with Crippen LogP contribution < -0.4 is 20.1 Å². The summed E-state index contributed by atoms with van der Waals surface area (Å²) in [4.78, 5) is 23.7. The van der Waals surface area contributed by atoms with Crippen LogP contribution in [0.1, 0.15) is 17.5 Å². The van der Waals surface area contributed by atoms with E-state index in [0.29, 0.717) is 5.56 Å². The normalized spacial score (nSPS) is 10.8. The molecule has 0 unspecified atom stereocenters. The molecule has 0 aliphatic carbocycles. The Hall–Kier alpha value is -3.42. The number of carbonyl (C=O) groups is 2. The highest BCUT2D eigenvalue weighted by molar-refractivity contribution is 5.92. The predicted octanol–water partition coefficient (Wildman–Crippen LogP) is 3.13. The average molecular weight is 404 g/mol. The highest BCUT2D eigenvalue weighted by Gasteiger charge is 2.11. The zero-order chi connectivity index (χ0) is 21.1. The van der Waals surface area contributed by atoms with Gasteiger partial charge in [-0.05, 0) is 29.3 Å². The van der Waals surface area contributed by atoms with Crippen LogP contribution in [0.5, 0.6) is 11.5 Å².